The quantitative estimate of drug-likeness (QED) is 0.637. The molecule has 1 nitrogen and oxygen atoms in total. The minimum absolute atomic E-state index is 0.286. The number of hydrogen-bond donors (Lipinski definition) is 0. The summed E-state index contributed by atoms with van der Waals surface area (Å²) in [6.07, 6.45) is 4.58. The summed E-state index contributed by atoms with van der Waals surface area (Å²) in [5.41, 5.74) is 0.644. The average molecular weight is 223 g/mol. The van der Waals surface area contributed by atoms with E-state index in [0.717, 1.165) is 12.3 Å². The first-order chi connectivity index (χ1) is 7.18. The predicted octanol–water partition coefficient (Wildman–Crippen LogP) is 4.10. The maximum absolute atomic E-state index is 3.91. The van der Waals surface area contributed by atoms with Crippen molar-refractivity contribution >= 4 is 0 Å². The van der Waals surface area contributed by atoms with E-state index in [1.807, 2.05) is 0 Å². The van der Waals surface area contributed by atoms with Gasteiger partial charge in [-0.05, 0) is 51.5 Å². The van der Waals surface area contributed by atoms with Crippen molar-refractivity contribution in [1.29, 1.82) is 0 Å². The van der Waals surface area contributed by atoms with Crippen LogP contribution in [0.2, 0.25) is 0 Å². The maximum Gasteiger partial charge on any atom is 0.0181 e. The summed E-state index contributed by atoms with van der Waals surface area (Å²) in [4.78, 5) is 2.70. The Morgan fingerprint density at radius 1 is 1.19 bits per heavy atom. The third kappa shape index (κ3) is 2.88. The van der Waals surface area contributed by atoms with Gasteiger partial charge in [-0.2, -0.15) is 0 Å². The van der Waals surface area contributed by atoms with Crippen molar-refractivity contribution in [2.45, 2.75) is 66.0 Å². The van der Waals surface area contributed by atoms with Crippen molar-refractivity contribution < 1.29 is 0 Å². The predicted molar refractivity (Wildman–Crippen MR) is 72.6 cm³/mol. The lowest BCUT2D eigenvalue weighted by molar-refractivity contribution is 0.0397. The monoisotopic (exact) mass is 223 g/mol. The van der Waals surface area contributed by atoms with E-state index in [9.17, 15) is 0 Å². The van der Waals surface area contributed by atoms with Gasteiger partial charge in [0.2, 0.25) is 0 Å². The van der Waals surface area contributed by atoms with Crippen molar-refractivity contribution in [1.82, 2.24) is 4.90 Å². The number of likely N-dealkylation sites (tertiary alicyclic amines) is 1. The van der Waals surface area contributed by atoms with E-state index in [4.69, 9.17) is 0 Å². The molecule has 2 atom stereocenters. The molecular weight excluding hydrogens is 194 g/mol. The van der Waals surface area contributed by atoms with Gasteiger partial charge in [-0.15, -0.1) is 6.58 Å². The van der Waals surface area contributed by atoms with Crippen LogP contribution in [-0.4, -0.2) is 23.0 Å². The molecule has 0 aromatic rings. The lowest BCUT2D eigenvalue weighted by atomic mass is 9.77. The smallest absolute Gasteiger partial charge is 0.0181 e. The molecule has 0 amide bonds. The number of rotatable bonds is 2. The zero-order chi connectivity index (χ0) is 12.6. The van der Waals surface area contributed by atoms with Crippen LogP contribution in [0.3, 0.4) is 0 Å². The number of nitrogens with zero attached hydrogens (tertiary/aromatic N) is 1. The molecule has 0 bridgehead atoms. The van der Waals surface area contributed by atoms with Crippen LogP contribution in [0.25, 0.3) is 0 Å². The molecule has 16 heavy (non-hydrogen) atoms. The van der Waals surface area contributed by atoms with Crippen LogP contribution in [-0.2, 0) is 0 Å². The normalized spacial score (nSPS) is 28.4. The first-order valence-corrected chi connectivity index (χ1v) is 6.55. The van der Waals surface area contributed by atoms with Crippen LogP contribution in [0, 0.1) is 11.3 Å². The van der Waals surface area contributed by atoms with Gasteiger partial charge in [-0.1, -0.05) is 26.8 Å². The molecule has 1 saturated heterocycles. The molecule has 1 aliphatic rings. The van der Waals surface area contributed by atoms with Gasteiger partial charge < -0.3 is 0 Å². The molecule has 0 aromatic carbocycles. The molecular formula is C15H29N. The minimum atomic E-state index is 0.286. The highest BCUT2D eigenvalue weighted by molar-refractivity contribution is 5.00. The molecule has 0 N–H and O–H groups in total. The summed E-state index contributed by atoms with van der Waals surface area (Å²) in [6.45, 7) is 19.3. The van der Waals surface area contributed by atoms with E-state index in [1.165, 1.54) is 13.0 Å². The third-order valence-electron chi connectivity index (χ3n) is 3.74. The fourth-order valence-electron chi connectivity index (χ4n) is 3.24. The van der Waals surface area contributed by atoms with Crippen molar-refractivity contribution in [3.63, 3.8) is 0 Å². The Bertz CT molecular complexity index is 241. The zero-order valence-corrected chi connectivity index (χ0v) is 12.0. The summed E-state index contributed by atoms with van der Waals surface area (Å²) in [7, 11) is 0. The highest BCUT2D eigenvalue weighted by Gasteiger charge is 2.44. The standard InChI is InChI=1S/C15H29N/c1-8-9-12-10-11-16(15(5,6)7)13(12)14(2,3)4/h8,12-13H,1,9-11H2,2-7H3. The van der Waals surface area contributed by atoms with Gasteiger partial charge in [-0.25, -0.2) is 0 Å². The van der Waals surface area contributed by atoms with Gasteiger partial charge in [0.05, 0.1) is 0 Å². The van der Waals surface area contributed by atoms with Crippen LogP contribution in [0.4, 0.5) is 0 Å². The molecule has 1 heteroatoms. The van der Waals surface area contributed by atoms with E-state index in [2.05, 4.69) is 59.1 Å². The highest BCUT2D eigenvalue weighted by Crippen LogP contribution is 2.42. The Morgan fingerprint density at radius 2 is 1.75 bits per heavy atom. The number of allylic oxidation sites excluding steroid dienone is 1. The Labute approximate surface area is 102 Å². The molecule has 0 radical (unpaired) electrons. The lowest BCUT2D eigenvalue weighted by Gasteiger charge is -2.45. The second-order valence-electron chi connectivity index (χ2n) is 7.25. The van der Waals surface area contributed by atoms with Gasteiger partial charge >= 0.3 is 0 Å². The van der Waals surface area contributed by atoms with Crippen LogP contribution in [0.1, 0.15) is 54.4 Å². The van der Waals surface area contributed by atoms with Gasteiger partial charge in [0.1, 0.15) is 0 Å². The third-order valence-corrected chi connectivity index (χ3v) is 3.74. The van der Waals surface area contributed by atoms with Crippen LogP contribution < -0.4 is 0 Å². The summed E-state index contributed by atoms with van der Waals surface area (Å²) >= 11 is 0. The van der Waals surface area contributed by atoms with Crippen molar-refractivity contribution in [3.8, 4) is 0 Å². The van der Waals surface area contributed by atoms with E-state index in [1.54, 1.807) is 0 Å². The Hall–Kier alpha value is -0.300. The second kappa shape index (κ2) is 4.52. The molecule has 94 valence electrons. The van der Waals surface area contributed by atoms with Crippen LogP contribution >= 0.6 is 0 Å². The first-order valence-electron chi connectivity index (χ1n) is 6.55. The molecule has 1 heterocycles. The molecule has 0 aliphatic carbocycles. The largest absolute Gasteiger partial charge is 0.295 e. The molecule has 1 rings (SSSR count). The molecule has 1 fully saturated rings. The topological polar surface area (TPSA) is 3.24 Å². The van der Waals surface area contributed by atoms with Gasteiger partial charge in [0.15, 0.2) is 0 Å². The highest BCUT2D eigenvalue weighted by atomic mass is 15.2. The van der Waals surface area contributed by atoms with E-state index < -0.39 is 0 Å². The van der Waals surface area contributed by atoms with E-state index in [0.29, 0.717) is 11.5 Å². The average Bonchev–Trinajstić information content (AvgIpc) is 2.46. The number of hydrogen-bond acceptors (Lipinski definition) is 1. The molecule has 0 spiro atoms. The molecule has 2 unspecified atom stereocenters. The SMILES string of the molecule is C=CCC1CCN(C(C)(C)C)C1C(C)(C)C. The van der Waals surface area contributed by atoms with Gasteiger partial charge in [-0.3, -0.25) is 4.90 Å². The Morgan fingerprint density at radius 3 is 2.12 bits per heavy atom. The first kappa shape index (κ1) is 13.8. The van der Waals surface area contributed by atoms with Gasteiger partial charge in [0.25, 0.3) is 0 Å². The maximum atomic E-state index is 3.91. The van der Waals surface area contributed by atoms with Gasteiger partial charge in [0, 0.05) is 11.6 Å². The van der Waals surface area contributed by atoms with E-state index >= 15 is 0 Å². The second-order valence-corrected chi connectivity index (χ2v) is 7.25. The summed E-state index contributed by atoms with van der Waals surface area (Å²) < 4.78 is 0. The van der Waals surface area contributed by atoms with Crippen molar-refractivity contribution in [2.75, 3.05) is 6.54 Å². The molecule has 0 aromatic heterocycles. The minimum Gasteiger partial charge on any atom is -0.295 e. The Balaban J connectivity index is 2.93. The van der Waals surface area contributed by atoms with Crippen LogP contribution in [0.15, 0.2) is 12.7 Å². The summed E-state index contributed by atoms with van der Waals surface area (Å²) in [5, 5.41) is 0. The van der Waals surface area contributed by atoms with Crippen LogP contribution in [0.5, 0.6) is 0 Å². The molecule has 1 aliphatic heterocycles. The summed E-state index contributed by atoms with van der Waals surface area (Å²) in [6, 6.07) is 0.686. The summed E-state index contributed by atoms with van der Waals surface area (Å²) in [5.74, 6) is 0.789. The fourth-order valence-corrected chi connectivity index (χ4v) is 3.24. The van der Waals surface area contributed by atoms with Crippen molar-refractivity contribution in [3.05, 3.63) is 12.7 Å². The Kier molecular flexibility index (Phi) is 3.89. The lowest BCUT2D eigenvalue weighted by Crippen LogP contribution is -2.51. The van der Waals surface area contributed by atoms with Crippen molar-refractivity contribution in [2.24, 2.45) is 11.3 Å². The fraction of sp³-hybridized carbons (Fsp3) is 0.867. The van der Waals surface area contributed by atoms with E-state index in [-0.39, 0.29) is 5.54 Å². The molecule has 0 saturated carbocycles. The zero-order valence-electron chi connectivity index (χ0n) is 12.0.